The second kappa shape index (κ2) is 4.64. The molecule has 86 valence electrons. The van der Waals surface area contributed by atoms with Crippen molar-refractivity contribution in [3.8, 4) is 0 Å². The Kier molecular flexibility index (Phi) is 3.72. The first kappa shape index (κ1) is 12.0. The van der Waals surface area contributed by atoms with Crippen molar-refractivity contribution in [2.45, 2.75) is 39.5 Å². The maximum absolute atomic E-state index is 11.7. The molecule has 1 N–H and O–H groups in total. The van der Waals surface area contributed by atoms with Crippen LogP contribution in [0.3, 0.4) is 0 Å². The van der Waals surface area contributed by atoms with E-state index in [4.69, 9.17) is 4.74 Å². The van der Waals surface area contributed by atoms with Crippen LogP contribution in [0, 0.1) is 11.3 Å². The molecule has 4 heteroatoms. The zero-order chi connectivity index (χ0) is 11.5. The SMILES string of the molecule is CCOC(=O)C(C)(C(=O)O)C1CCCC1. The van der Waals surface area contributed by atoms with Gasteiger partial charge in [0.1, 0.15) is 0 Å². The summed E-state index contributed by atoms with van der Waals surface area (Å²) in [6, 6.07) is 0. The van der Waals surface area contributed by atoms with Crippen LogP contribution >= 0.6 is 0 Å². The smallest absolute Gasteiger partial charge is 0.323 e. The molecule has 0 heterocycles. The van der Waals surface area contributed by atoms with Gasteiger partial charge in [-0.1, -0.05) is 12.8 Å². The van der Waals surface area contributed by atoms with E-state index in [1.165, 1.54) is 6.92 Å². The first-order valence-corrected chi connectivity index (χ1v) is 5.44. The standard InChI is InChI=1S/C11H18O4/c1-3-15-10(14)11(2,9(12)13)8-6-4-5-7-8/h8H,3-7H2,1-2H3,(H,12,13). The van der Waals surface area contributed by atoms with E-state index in [2.05, 4.69) is 0 Å². The highest BCUT2D eigenvalue weighted by Gasteiger charge is 2.50. The minimum Gasteiger partial charge on any atom is -0.480 e. The Morgan fingerprint density at radius 2 is 1.93 bits per heavy atom. The maximum atomic E-state index is 11.7. The summed E-state index contributed by atoms with van der Waals surface area (Å²) in [7, 11) is 0. The van der Waals surface area contributed by atoms with Gasteiger partial charge in [0, 0.05) is 0 Å². The number of hydrogen-bond donors (Lipinski definition) is 1. The molecule has 1 fully saturated rings. The first-order valence-electron chi connectivity index (χ1n) is 5.44. The number of carbonyl (C=O) groups excluding carboxylic acids is 1. The first-order chi connectivity index (χ1) is 7.03. The van der Waals surface area contributed by atoms with Crippen molar-refractivity contribution in [3.05, 3.63) is 0 Å². The average molecular weight is 214 g/mol. The van der Waals surface area contributed by atoms with Crippen molar-refractivity contribution in [2.24, 2.45) is 11.3 Å². The number of hydrogen-bond acceptors (Lipinski definition) is 3. The molecule has 0 aromatic heterocycles. The molecule has 0 bridgehead atoms. The van der Waals surface area contributed by atoms with E-state index in [1.54, 1.807) is 6.92 Å². The Bertz CT molecular complexity index is 255. The van der Waals surface area contributed by atoms with Crippen LogP contribution in [0.1, 0.15) is 39.5 Å². The third kappa shape index (κ3) is 2.13. The van der Waals surface area contributed by atoms with E-state index in [0.717, 1.165) is 25.7 Å². The quantitative estimate of drug-likeness (QED) is 0.572. The van der Waals surface area contributed by atoms with Crippen molar-refractivity contribution in [3.63, 3.8) is 0 Å². The van der Waals surface area contributed by atoms with Crippen LogP contribution in [-0.2, 0) is 14.3 Å². The number of aliphatic carboxylic acids is 1. The van der Waals surface area contributed by atoms with Gasteiger partial charge >= 0.3 is 11.9 Å². The second-order valence-electron chi connectivity index (χ2n) is 4.21. The van der Waals surface area contributed by atoms with Gasteiger partial charge in [0.05, 0.1) is 6.61 Å². The van der Waals surface area contributed by atoms with Gasteiger partial charge in [-0.3, -0.25) is 9.59 Å². The van der Waals surface area contributed by atoms with Crippen molar-refractivity contribution >= 4 is 11.9 Å². The summed E-state index contributed by atoms with van der Waals surface area (Å²) < 4.78 is 4.86. The number of ether oxygens (including phenoxy) is 1. The van der Waals surface area contributed by atoms with Crippen LogP contribution < -0.4 is 0 Å². The molecule has 1 saturated carbocycles. The summed E-state index contributed by atoms with van der Waals surface area (Å²) in [6.45, 7) is 3.41. The summed E-state index contributed by atoms with van der Waals surface area (Å²) >= 11 is 0. The molecule has 1 atom stereocenters. The molecule has 1 unspecified atom stereocenters. The summed E-state index contributed by atoms with van der Waals surface area (Å²) in [5.74, 6) is -1.73. The molecule has 0 spiro atoms. The lowest BCUT2D eigenvalue weighted by atomic mass is 9.76. The highest BCUT2D eigenvalue weighted by molar-refractivity contribution is 5.99. The van der Waals surface area contributed by atoms with Crippen molar-refractivity contribution < 1.29 is 19.4 Å². The van der Waals surface area contributed by atoms with E-state index >= 15 is 0 Å². The summed E-state index contributed by atoms with van der Waals surface area (Å²) in [6.07, 6.45) is 3.63. The van der Waals surface area contributed by atoms with E-state index in [9.17, 15) is 14.7 Å². The zero-order valence-electron chi connectivity index (χ0n) is 9.28. The van der Waals surface area contributed by atoms with Crippen LogP contribution in [0.2, 0.25) is 0 Å². The average Bonchev–Trinajstić information content (AvgIpc) is 2.69. The minimum absolute atomic E-state index is 0.0750. The summed E-state index contributed by atoms with van der Waals surface area (Å²) in [5.41, 5.74) is -1.35. The number of carboxylic acids is 1. The van der Waals surface area contributed by atoms with Crippen molar-refractivity contribution in [1.29, 1.82) is 0 Å². The zero-order valence-corrected chi connectivity index (χ0v) is 9.28. The number of rotatable bonds is 4. The molecule has 0 aromatic carbocycles. The van der Waals surface area contributed by atoms with E-state index in [0.29, 0.717) is 0 Å². The molecule has 0 saturated heterocycles. The molecule has 1 aliphatic carbocycles. The number of esters is 1. The highest BCUT2D eigenvalue weighted by Crippen LogP contribution is 2.41. The van der Waals surface area contributed by atoms with Crippen LogP contribution in [0.4, 0.5) is 0 Å². The lowest BCUT2D eigenvalue weighted by Crippen LogP contribution is -2.43. The summed E-state index contributed by atoms with van der Waals surface area (Å²) in [5, 5.41) is 9.19. The number of carbonyl (C=O) groups is 2. The molecule has 0 aromatic rings. The van der Waals surface area contributed by atoms with Crippen LogP contribution in [0.25, 0.3) is 0 Å². The van der Waals surface area contributed by atoms with Gasteiger partial charge < -0.3 is 9.84 Å². The maximum Gasteiger partial charge on any atom is 0.323 e. The fourth-order valence-electron chi connectivity index (χ4n) is 2.21. The van der Waals surface area contributed by atoms with Gasteiger partial charge in [-0.15, -0.1) is 0 Å². The van der Waals surface area contributed by atoms with Gasteiger partial charge in [-0.05, 0) is 32.6 Å². The topological polar surface area (TPSA) is 63.6 Å². The third-order valence-electron chi connectivity index (χ3n) is 3.32. The molecule has 15 heavy (non-hydrogen) atoms. The van der Waals surface area contributed by atoms with Gasteiger partial charge in [-0.25, -0.2) is 0 Å². The number of carboxylic acid groups (broad SMARTS) is 1. The van der Waals surface area contributed by atoms with Gasteiger partial charge in [-0.2, -0.15) is 0 Å². The Labute approximate surface area is 89.6 Å². The predicted molar refractivity (Wildman–Crippen MR) is 54.3 cm³/mol. The van der Waals surface area contributed by atoms with Crippen molar-refractivity contribution in [2.75, 3.05) is 6.61 Å². The predicted octanol–water partition coefficient (Wildman–Crippen LogP) is 1.83. The molecular formula is C11H18O4. The van der Waals surface area contributed by atoms with Gasteiger partial charge in [0.2, 0.25) is 0 Å². The van der Waals surface area contributed by atoms with Gasteiger partial charge in [0.15, 0.2) is 5.41 Å². The van der Waals surface area contributed by atoms with E-state index in [-0.39, 0.29) is 12.5 Å². The van der Waals surface area contributed by atoms with Crippen LogP contribution in [-0.4, -0.2) is 23.7 Å². The Morgan fingerprint density at radius 3 is 2.33 bits per heavy atom. The largest absolute Gasteiger partial charge is 0.480 e. The van der Waals surface area contributed by atoms with E-state index in [1.807, 2.05) is 0 Å². The third-order valence-corrected chi connectivity index (χ3v) is 3.32. The highest BCUT2D eigenvalue weighted by atomic mass is 16.5. The molecule has 1 aliphatic rings. The fraction of sp³-hybridized carbons (Fsp3) is 0.818. The van der Waals surface area contributed by atoms with Crippen LogP contribution in [0.5, 0.6) is 0 Å². The molecule has 0 radical (unpaired) electrons. The van der Waals surface area contributed by atoms with Gasteiger partial charge in [0.25, 0.3) is 0 Å². The lowest BCUT2D eigenvalue weighted by molar-refractivity contribution is -0.171. The lowest BCUT2D eigenvalue weighted by Gasteiger charge is -2.28. The minimum atomic E-state index is -1.35. The Hall–Kier alpha value is -1.06. The van der Waals surface area contributed by atoms with Crippen molar-refractivity contribution in [1.82, 2.24) is 0 Å². The van der Waals surface area contributed by atoms with Crippen LogP contribution in [0.15, 0.2) is 0 Å². The summed E-state index contributed by atoms with van der Waals surface area (Å²) in [4.78, 5) is 22.9. The molecule has 4 nitrogen and oxygen atoms in total. The molecule has 0 amide bonds. The van der Waals surface area contributed by atoms with E-state index < -0.39 is 17.4 Å². The Morgan fingerprint density at radius 1 is 1.40 bits per heavy atom. The molecule has 0 aliphatic heterocycles. The normalized spacial score (nSPS) is 20.9. The molecule has 1 rings (SSSR count). The monoisotopic (exact) mass is 214 g/mol. The molecular weight excluding hydrogens is 196 g/mol. The second-order valence-corrected chi connectivity index (χ2v) is 4.21. The Balaban J connectivity index is 2.86. The fourth-order valence-corrected chi connectivity index (χ4v) is 2.21.